The molecule has 9 rings (SSSR count). The molecule has 2 heterocycles. The van der Waals surface area contributed by atoms with E-state index in [4.69, 9.17) is 4.42 Å². The van der Waals surface area contributed by atoms with Crippen LogP contribution in [0.1, 0.15) is 0 Å². The van der Waals surface area contributed by atoms with Gasteiger partial charge < -0.3 is 8.98 Å². The molecule has 196 valence electrons. The molecule has 2 nitrogen and oxygen atoms in total. The Morgan fingerprint density at radius 1 is 0.381 bits per heavy atom. The van der Waals surface area contributed by atoms with Crippen LogP contribution in [0, 0.1) is 0 Å². The Labute approximate surface area is 242 Å². The van der Waals surface area contributed by atoms with Crippen molar-refractivity contribution in [2.75, 3.05) is 0 Å². The van der Waals surface area contributed by atoms with Gasteiger partial charge in [0.25, 0.3) is 0 Å². The van der Waals surface area contributed by atoms with Crippen LogP contribution in [0.25, 0.3) is 82.5 Å². The standard InChI is InChI=1S/C40H25NO/c1-3-11-26(12-4-1)29-21-30(27-13-5-2-6-14-27)23-31(22-29)41-37-17-9-7-15-32(37)36-24-28-19-20-34-33-16-8-10-18-39(33)42-40(34)35(28)25-38(36)41/h1-25H. The van der Waals surface area contributed by atoms with Gasteiger partial charge in [0, 0.05) is 32.6 Å². The molecular weight excluding hydrogens is 510 g/mol. The predicted molar refractivity (Wildman–Crippen MR) is 176 cm³/mol. The van der Waals surface area contributed by atoms with E-state index < -0.39 is 0 Å². The fourth-order valence-electron chi connectivity index (χ4n) is 6.58. The largest absolute Gasteiger partial charge is 0.455 e. The Morgan fingerprint density at radius 3 is 1.76 bits per heavy atom. The first-order valence-electron chi connectivity index (χ1n) is 14.4. The number of benzene rings is 7. The fourth-order valence-corrected chi connectivity index (χ4v) is 6.58. The first-order valence-corrected chi connectivity index (χ1v) is 14.4. The Balaban J connectivity index is 1.40. The van der Waals surface area contributed by atoms with Crippen LogP contribution in [-0.2, 0) is 0 Å². The topological polar surface area (TPSA) is 18.1 Å². The van der Waals surface area contributed by atoms with E-state index in [0.29, 0.717) is 0 Å². The van der Waals surface area contributed by atoms with Crippen molar-refractivity contribution in [3.8, 4) is 27.9 Å². The van der Waals surface area contributed by atoms with Gasteiger partial charge in [-0.25, -0.2) is 0 Å². The van der Waals surface area contributed by atoms with Crippen molar-refractivity contribution in [2.45, 2.75) is 0 Å². The molecule has 0 aliphatic heterocycles. The summed E-state index contributed by atoms with van der Waals surface area (Å²) < 4.78 is 8.90. The number of hydrogen-bond acceptors (Lipinski definition) is 1. The Morgan fingerprint density at radius 2 is 1.02 bits per heavy atom. The van der Waals surface area contributed by atoms with Gasteiger partial charge in [-0.2, -0.15) is 0 Å². The van der Waals surface area contributed by atoms with Crippen LogP contribution in [0.2, 0.25) is 0 Å². The molecule has 9 aromatic rings. The number of aromatic nitrogens is 1. The summed E-state index contributed by atoms with van der Waals surface area (Å²) in [7, 11) is 0. The van der Waals surface area contributed by atoms with Crippen LogP contribution < -0.4 is 0 Å². The molecule has 0 unspecified atom stereocenters. The van der Waals surface area contributed by atoms with Crippen molar-refractivity contribution in [3.63, 3.8) is 0 Å². The maximum atomic E-state index is 6.48. The average Bonchev–Trinajstić information content (AvgIpc) is 3.60. The van der Waals surface area contributed by atoms with E-state index >= 15 is 0 Å². The molecule has 42 heavy (non-hydrogen) atoms. The van der Waals surface area contributed by atoms with E-state index in [9.17, 15) is 0 Å². The van der Waals surface area contributed by atoms with Crippen molar-refractivity contribution in [1.82, 2.24) is 4.57 Å². The molecule has 0 saturated heterocycles. The third kappa shape index (κ3) is 3.45. The Kier molecular flexibility index (Phi) is 4.93. The molecule has 0 fully saturated rings. The Bertz CT molecular complexity index is 2390. The molecule has 0 N–H and O–H groups in total. The molecule has 0 amide bonds. The van der Waals surface area contributed by atoms with Crippen molar-refractivity contribution >= 4 is 54.5 Å². The minimum absolute atomic E-state index is 0.920. The molecule has 0 saturated carbocycles. The highest BCUT2D eigenvalue weighted by Gasteiger charge is 2.17. The second kappa shape index (κ2) is 8.95. The Hall–Kier alpha value is -5.60. The van der Waals surface area contributed by atoms with Gasteiger partial charge in [0.15, 0.2) is 0 Å². The summed E-state index contributed by atoms with van der Waals surface area (Å²) >= 11 is 0. The molecule has 2 aromatic heterocycles. The van der Waals surface area contributed by atoms with Gasteiger partial charge in [0.2, 0.25) is 0 Å². The zero-order valence-electron chi connectivity index (χ0n) is 22.8. The number of para-hydroxylation sites is 2. The zero-order valence-corrected chi connectivity index (χ0v) is 22.8. The number of furan rings is 1. The van der Waals surface area contributed by atoms with Gasteiger partial charge >= 0.3 is 0 Å². The molecule has 2 heteroatoms. The highest BCUT2D eigenvalue weighted by molar-refractivity contribution is 6.20. The van der Waals surface area contributed by atoms with E-state index in [0.717, 1.165) is 33.0 Å². The van der Waals surface area contributed by atoms with Crippen molar-refractivity contribution in [3.05, 3.63) is 152 Å². The maximum Gasteiger partial charge on any atom is 0.143 e. The predicted octanol–water partition coefficient (Wildman–Crippen LogP) is 11.2. The van der Waals surface area contributed by atoms with Crippen LogP contribution in [0.5, 0.6) is 0 Å². The first kappa shape index (κ1) is 23.1. The number of nitrogens with zero attached hydrogens (tertiary/aromatic N) is 1. The van der Waals surface area contributed by atoms with Crippen LogP contribution in [0.3, 0.4) is 0 Å². The lowest BCUT2D eigenvalue weighted by Gasteiger charge is -2.14. The van der Waals surface area contributed by atoms with E-state index in [2.05, 4.69) is 150 Å². The van der Waals surface area contributed by atoms with Gasteiger partial charge in [-0.15, -0.1) is 0 Å². The monoisotopic (exact) mass is 535 g/mol. The molecule has 0 radical (unpaired) electrons. The SMILES string of the molecule is c1ccc(-c2cc(-c3ccccc3)cc(-n3c4ccccc4c4cc5ccc6c7ccccc7oc6c5cc43)c2)cc1. The van der Waals surface area contributed by atoms with E-state index in [1.807, 2.05) is 6.07 Å². The molecule has 7 aromatic carbocycles. The smallest absolute Gasteiger partial charge is 0.143 e. The molecule has 0 spiro atoms. The summed E-state index contributed by atoms with van der Waals surface area (Å²) in [6.45, 7) is 0. The highest BCUT2D eigenvalue weighted by atomic mass is 16.3. The van der Waals surface area contributed by atoms with Gasteiger partial charge in [-0.05, 0) is 76.2 Å². The average molecular weight is 536 g/mol. The summed E-state index contributed by atoms with van der Waals surface area (Å²) in [4.78, 5) is 0. The van der Waals surface area contributed by atoms with Gasteiger partial charge in [-0.1, -0.05) is 103 Å². The van der Waals surface area contributed by atoms with Gasteiger partial charge in [0.1, 0.15) is 11.2 Å². The molecule has 0 atom stereocenters. The lowest BCUT2D eigenvalue weighted by atomic mass is 9.98. The third-order valence-corrected chi connectivity index (χ3v) is 8.54. The molecule has 0 aliphatic rings. The second-order valence-corrected chi connectivity index (χ2v) is 11.0. The second-order valence-electron chi connectivity index (χ2n) is 11.0. The summed E-state index contributed by atoms with van der Waals surface area (Å²) in [6, 6.07) is 54.4. The number of hydrogen-bond donors (Lipinski definition) is 0. The van der Waals surface area contributed by atoms with Crippen LogP contribution in [-0.4, -0.2) is 4.57 Å². The summed E-state index contributed by atoms with van der Waals surface area (Å²) in [5.74, 6) is 0. The number of rotatable bonds is 3. The maximum absolute atomic E-state index is 6.48. The number of fused-ring (bicyclic) bond motifs is 8. The van der Waals surface area contributed by atoms with Crippen LogP contribution in [0.15, 0.2) is 156 Å². The summed E-state index contributed by atoms with van der Waals surface area (Å²) in [5, 5.41) is 7.09. The van der Waals surface area contributed by atoms with Crippen molar-refractivity contribution in [1.29, 1.82) is 0 Å². The van der Waals surface area contributed by atoms with Gasteiger partial charge in [0.05, 0.1) is 11.0 Å². The summed E-state index contributed by atoms with van der Waals surface area (Å²) in [5.41, 5.74) is 10.1. The lowest BCUT2D eigenvalue weighted by Crippen LogP contribution is -1.96. The lowest BCUT2D eigenvalue weighted by molar-refractivity contribution is 0.672. The summed E-state index contributed by atoms with van der Waals surface area (Å²) in [6.07, 6.45) is 0. The third-order valence-electron chi connectivity index (χ3n) is 8.54. The van der Waals surface area contributed by atoms with Crippen LogP contribution >= 0.6 is 0 Å². The van der Waals surface area contributed by atoms with Gasteiger partial charge in [-0.3, -0.25) is 0 Å². The minimum atomic E-state index is 0.920. The first-order chi connectivity index (χ1) is 20.8. The molecular formula is C40H25NO. The van der Waals surface area contributed by atoms with Crippen LogP contribution in [0.4, 0.5) is 0 Å². The van der Waals surface area contributed by atoms with E-state index in [-0.39, 0.29) is 0 Å². The molecule has 0 aliphatic carbocycles. The quantitative estimate of drug-likeness (QED) is 0.220. The fraction of sp³-hybridized carbons (Fsp3) is 0. The van der Waals surface area contributed by atoms with E-state index in [1.54, 1.807) is 0 Å². The van der Waals surface area contributed by atoms with Crippen molar-refractivity contribution in [2.24, 2.45) is 0 Å². The zero-order chi connectivity index (χ0) is 27.6. The normalized spacial score (nSPS) is 11.8. The molecule has 0 bridgehead atoms. The minimum Gasteiger partial charge on any atom is -0.455 e. The highest BCUT2D eigenvalue weighted by Crippen LogP contribution is 2.40. The van der Waals surface area contributed by atoms with E-state index in [1.165, 1.54) is 49.4 Å². The van der Waals surface area contributed by atoms with Crippen molar-refractivity contribution < 1.29 is 4.42 Å².